The average Bonchev–Trinajstić information content (AvgIpc) is 3.52. The fraction of sp³-hybridized carbons (Fsp3) is 0.357. The lowest BCUT2D eigenvalue weighted by Gasteiger charge is -2.25. The number of aliphatic carboxylic acids is 1. The lowest BCUT2D eigenvalue weighted by molar-refractivity contribution is -0.145. The van der Waals surface area contributed by atoms with E-state index in [4.69, 9.17) is 16.3 Å². The molecule has 43 heavy (non-hydrogen) atoms. The molecule has 2 aliphatic rings. The van der Waals surface area contributed by atoms with E-state index in [1.54, 1.807) is 25.1 Å². The van der Waals surface area contributed by atoms with Crippen LogP contribution in [0.2, 0.25) is 5.15 Å². The number of pyridine rings is 2. The van der Waals surface area contributed by atoms with Gasteiger partial charge in [-0.1, -0.05) is 29.8 Å². The van der Waals surface area contributed by atoms with E-state index in [0.29, 0.717) is 35.1 Å². The van der Waals surface area contributed by atoms with E-state index in [2.05, 4.69) is 15.2 Å². The van der Waals surface area contributed by atoms with Crippen molar-refractivity contribution in [1.82, 2.24) is 23.9 Å². The number of carboxylic acids is 1. The lowest BCUT2D eigenvalue weighted by Crippen LogP contribution is -2.38. The number of hydrogen-bond donors (Lipinski definition) is 1. The minimum absolute atomic E-state index is 0.0217. The third kappa shape index (κ3) is 5.31. The zero-order valence-corrected chi connectivity index (χ0v) is 24.5. The normalized spacial score (nSPS) is 18.2. The van der Waals surface area contributed by atoms with Crippen molar-refractivity contribution in [3.05, 3.63) is 81.4 Å². The average molecular weight is 636 g/mol. The van der Waals surface area contributed by atoms with Crippen LogP contribution in [0.1, 0.15) is 58.8 Å². The first kappa shape index (κ1) is 29.3. The highest BCUT2D eigenvalue weighted by Crippen LogP contribution is 2.46. The number of halogens is 4. The second kappa shape index (κ2) is 10.2. The smallest absolute Gasteiger partial charge is 0.452 e. The second-order valence-electron chi connectivity index (χ2n) is 10.9. The Kier molecular flexibility index (Phi) is 6.93. The highest BCUT2D eigenvalue weighted by atomic mass is 35.5. The molecule has 226 valence electrons. The van der Waals surface area contributed by atoms with Gasteiger partial charge in [0.2, 0.25) is 21.7 Å². The van der Waals surface area contributed by atoms with Gasteiger partial charge in [0.1, 0.15) is 15.6 Å². The van der Waals surface area contributed by atoms with E-state index in [9.17, 15) is 31.5 Å². The van der Waals surface area contributed by atoms with Crippen molar-refractivity contribution < 1.29 is 36.2 Å². The fourth-order valence-corrected chi connectivity index (χ4v) is 7.20. The number of sulfonamides is 1. The molecule has 0 bridgehead atoms. The molecule has 1 fully saturated rings. The van der Waals surface area contributed by atoms with Crippen LogP contribution >= 0.6 is 11.6 Å². The summed E-state index contributed by atoms with van der Waals surface area (Å²) >= 11 is 6.02. The maximum absolute atomic E-state index is 13.8. The van der Waals surface area contributed by atoms with Crippen molar-refractivity contribution in [1.29, 1.82) is 0 Å². The number of carbonyl (C=O) groups is 1. The van der Waals surface area contributed by atoms with Gasteiger partial charge in [-0.05, 0) is 72.7 Å². The first-order chi connectivity index (χ1) is 20.2. The number of nitrogens with zero attached hydrogens (tertiary/aromatic N) is 5. The van der Waals surface area contributed by atoms with Gasteiger partial charge in [0.05, 0.1) is 13.0 Å². The van der Waals surface area contributed by atoms with Crippen molar-refractivity contribution in [2.75, 3.05) is 6.54 Å². The van der Waals surface area contributed by atoms with Crippen LogP contribution in [0.3, 0.4) is 0 Å². The van der Waals surface area contributed by atoms with E-state index in [-0.39, 0.29) is 41.1 Å². The molecule has 0 unspecified atom stereocenters. The molecule has 10 nitrogen and oxygen atoms in total. The molecule has 1 aliphatic carbocycles. The molecule has 15 heteroatoms. The number of rotatable bonds is 6. The molecule has 0 saturated heterocycles. The van der Waals surface area contributed by atoms with Gasteiger partial charge in [-0.25, -0.2) is 13.4 Å². The van der Waals surface area contributed by atoms with Gasteiger partial charge in [0, 0.05) is 18.7 Å². The van der Waals surface area contributed by atoms with Crippen molar-refractivity contribution in [3.8, 4) is 5.88 Å². The number of benzene rings is 1. The van der Waals surface area contributed by atoms with Crippen LogP contribution in [0.25, 0.3) is 5.65 Å². The minimum atomic E-state index is -4.72. The van der Waals surface area contributed by atoms with Gasteiger partial charge in [0.25, 0.3) is 0 Å². The van der Waals surface area contributed by atoms with Crippen LogP contribution in [0.5, 0.6) is 5.88 Å². The summed E-state index contributed by atoms with van der Waals surface area (Å²) in [7, 11) is -4.04. The summed E-state index contributed by atoms with van der Waals surface area (Å²) in [5.41, 5.74) is 2.04. The standard InChI is InChI=1S/C28H25ClF3N5O5S/c1-15-3-4-17(20(12-23(38)39)19-7-10-37-24(16(19)2)34-35-26(37)28(30,31)32)11-18(15)13-36-14-27(8-9-27)42-25-21(43(36,40)41)5-6-22(29)33-25/h3-7,10-11,20H,8-9,12-14H2,1-2H3,(H,38,39)/t20-/m0/s1. The van der Waals surface area contributed by atoms with Gasteiger partial charge in [-0.3, -0.25) is 9.20 Å². The summed E-state index contributed by atoms with van der Waals surface area (Å²) in [4.78, 5) is 16.0. The fourth-order valence-electron chi connectivity index (χ4n) is 5.52. The molecule has 3 aromatic heterocycles. The first-order valence-electron chi connectivity index (χ1n) is 13.3. The molecular formula is C28H25ClF3N5O5S. The van der Waals surface area contributed by atoms with E-state index in [0.717, 1.165) is 9.96 Å². The maximum atomic E-state index is 13.8. The predicted molar refractivity (Wildman–Crippen MR) is 147 cm³/mol. The molecule has 1 saturated carbocycles. The van der Waals surface area contributed by atoms with E-state index < -0.39 is 39.5 Å². The Hall–Kier alpha value is -3.75. The number of fused-ring (bicyclic) bond motifs is 2. The Morgan fingerprint density at radius 1 is 1.16 bits per heavy atom. The van der Waals surface area contributed by atoms with Gasteiger partial charge < -0.3 is 9.84 Å². The van der Waals surface area contributed by atoms with Crippen molar-refractivity contribution in [3.63, 3.8) is 0 Å². The Balaban J connectivity index is 1.40. The molecular weight excluding hydrogens is 611 g/mol. The maximum Gasteiger partial charge on any atom is 0.452 e. The number of aromatic nitrogens is 4. The van der Waals surface area contributed by atoms with E-state index in [1.807, 2.05) is 6.92 Å². The molecule has 1 N–H and O–H groups in total. The van der Waals surface area contributed by atoms with Crippen LogP contribution in [0.15, 0.2) is 47.5 Å². The molecule has 1 aromatic carbocycles. The highest BCUT2D eigenvalue weighted by molar-refractivity contribution is 7.89. The number of aryl methyl sites for hydroxylation is 2. The summed E-state index contributed by atoms with van der Waals surface area (Å²) in [6.07, 6.45) is -2.61. The molecule has 6 rings (SSSR count). The lowest BCUT2D eigenvalue weighted by atomic mass is 9.85. The molecule has 1 spiro atoms. The Labute approximate surface area is 249 Å². The summed E-state index contributed by atoms with van der Waals surface area (Å²) in [5.74, 6) is -3.10. The second-order valence-corrected chi connectivity index (χ2v) is 13.2. The van der Waals surface area contributed by atoms with Crippen LogP contribution in [0, 0.1) is 13.8 Å². The molecule has 1 atom stereocenters. The third-order valence-corrected chi connectivity index (χ3v) is 10.0. The van der Waals surface area contributed by atoms with Crippen LogP contribution < -0.4 is 4.74 Å². The van der Waals surface area contributed by atoms with Crippen molar-refractivity contribution in [2.24, 2.45) is 0 Å². The monoisotopic (exact) mass is 635 g/mol. The van der Waals surface area contributed by atoms with Crippen LogP contribution in [0.4, 0.5) is 13.2 Å². The summed E-state index contributed by atoms with van der Waals surface area (Å²) in [6, 6.07) is 9.46. The van der Waals surface area contributed by atoms with Crippen molar-refractivity contribution >= 4 is 33.2 Å². The highest BCUT2D eigenvalue weighted by Gasteiger charge is 2.52. The van der Waals surface area contributed by atoms with E-state index in [1.165, 1.54) is 28.7 Å². The van der Waals surface area contributed by atoms with Gasteiger partial charge in [-0.15, -0.1) is 10.2 Å². The Bertz CT molecular complexity index is 1890. The van der Waals surface area contributed by atoms with Gasteiger partial charge in [0.15, 0.2) is 5.65 Å². The number of carboxylic acid groups (broad SMARTS) is 1. The molecule has 1 aliphatic heterocycles. The molecule has 0 amide bonds. The predicted octanol–water partition coefficient (Wildman–Crippen LogP) is 5.14. The van der Waals surface area contributed by atoms with Gasteiger partial charge >= 0.3 is 12.1 Å². The number of ether oxygens (including phenoxy) is 1. The number of alkyl halides is 3. The number of hydrogen-bond acceptors (Lipinski definition) is 7. The van der Waals surface area contributed by atoms with Crippen LogP contribution in [-0.2, 0) is 27.5 Å². The van der Waals surface area contributed by atoms with E-state index >= 15 is 0 Å². The topological polar surface area (TPSA) is 127 Å². The largest absolute Gasteiger partial charge is 0.481 e. The quantitative estimate of drug-likeness (QED) is 0.289. The zero-order chi connectivity index (χ0) is 30.9. The minimum Gasteiger partial charge on any atom is -0.481 e. The zero-order valence-electron chi connectivity index (χ0n) is 22.9. The summed E-state index contributed by atoms with van der Waals surface area (Å²) in [6.45, 7) is 3.46. The summed E-state index contributed by atoms with van der Waals surface area (Å²) in [5, 5.41) is 16.9. The molecule has 4 heterocycles. The Morgan fingerprint density at radius 2 is 1.91 bits per heavy atom. The Morgan fingerprint density at radius 3 is 2.58 bits per heavy atom. The van der Waals surface area contributed by atoms with Gasteiger partial charge in [-0.2, -0.15) is 17.5 Å². The first-order valence-corrected chi connectivity index (χ1v) is 15.1. The SMILES string of the molecule is Cc1ccc([C@H](CC(=O)O)c2ccn3c(C(F)(F)F)nnc3c2C)cc1CN1CC2(CC2)Oc2nc(Cl)ccc2S1(=O)=O. The summed E-state index contributed by atoms with van der Waals surface area (Å²) < 4.78 is 76.0. The molecule has 4 aromatic rings. The third-order valence-electron chi connectivity index (χ3n) is 7.99. The van der Waals surface area contributed by atoms with Crippen LogP contribution in [-0.4, -0.2) is 55.5 Å². The van der Waals surface area contributed by atoms with Crippen molar-refractivity contribution in [2.45, 2.75) is 62.2 Å². The molecule has 0 radical (unpaired) electrons.